The van der Waals surface area contributed by atoms with Crippen LogP contribution in [0.4, 0.5) is 0 Å². The third kappa shape index (κ3) is 3.34. The predicted molar refractivity (Wildman–Crippen MR) is 78.8 cm³/mol. The maximum atomic E-state index is 12.5. The molecule has 0 radical (unpaired) electrons. The quantitative estimate of drug-likeness (QED) is 0.793. The van der Waals surface area contributed by atoms with Crippen molar-refractivity contribution in [1.82, 2.24) is 9.21 Å². The van der Waals surface area contributed by atoms with Crippen LogP contribution in [-0.2, 0) is 14.8 Å². The number of likely N-dealkylation sites (tertiary alicyclic amines) is 1. The lowest BCUT2D eigenvalue weighted by Gasteiger charge is -2.38. The third-order valence-corrected chi connectivity index (χ3v) is 6.53. The summed E-state index contributed by atoms with van der Waals surface area (Å²) in [5, 5.41) is 0. The molecule has 6 heteroatoms. The molecule has 2 aliphatic rings. The van der Waals surface area contributed by atoms with Crippen molar-refractivity contribution in [2.75, 3.05) is 25.4 Å². The molecule has 116 valence electrons. The van der Waals surface area contributed by atoms with Gasteiger partial charge in [-0.1, -0.05) is 0 Å². The zero-order valence-electron chi connectivity index (χ0n) is 12.5. The summed E-state index contributed by atoms with van der Waals surface area (Å²) in [5.74, 6) is 0.402. The number of carbonyl (C=O) groups excluding carboxylic acids is 1. The van der Waals surface area contributed by atoms with Crippen molar-refractivity contribution in [3.05, 3.63) is 0 Å². The van der Waals surface area contributed by atoms with Gasteiger partial charge in [0, 0.05) is 31.6 Å². The molecule has 2 saturated heterocycles. The van der Waals surface area contributed by atoms with Gasteiger partial charge < -0.3 is 4.90 Å². The average molecular weight is 302 g/mol. The summed E-state index contributed by atoms with van der Waals surface area (Å²) in [6.45, 7) is 5.65. The van der Waals surface area contributed by atoms with Crippen LogP contribution in [0.2, 0.25) is 0 Å². The normalized spacial score (nSPS) is 26.7. The van der Waals surface area contributed by atoms with Gasteiger partial charge in [-0.2, -0.15) is 0 Å². The SMILES string of the molecule is CCS(=O)(=O)N1CCC(C(=O)N2CCCCC2C)CC1. The number of rotatable bonds is 3. The van der Waals surface area contributed by atoms with E-state index in [9.17, 15) is 13.2 Å². The minimum Gasteiger partial charge on any atom is -0.340 e. The highest BCUT2D eigenvalue weighted by Crippen LogP contribution is 2.25. The van der Waals surface area contributed by atoms with E-state index in [0.29, 0.717) is 32.0 Å². The minimum atomic E-state index is -3.10. The second-order valence-corrected chi connectivity index (χ2v) is 8.21. The molecule has 2 rings (SSSR count). The molecule has 0 aromatic rings. The van der Waals surface area contributed by atoms with Gasteiger partial charge in [-0.3, -0.25) is 4.79 Å². The number of piperidine rings is 2. The molecule has 1 amide bonds. The molecular formula is C14H26N2O3S. The predicted octanol–water partition coefficient (Wildman–Crippen LogP) is 1.45. The van der Waals surface area contributed by atoms with Crippen LogP contribution < -0.4 is 0 Å². The first-order valence-corrected chi connectivity index (χ1v) is 9.35. The van der Waals surface area contributed by atoms with E-state index in [0.717, 1.165) is 19.4 Å². The van der Waals surface area contributed by atoms with Gasteiger partial charge >= 0.3 is 0 Å². The molecule has 0 saturated carbocycles. The van der Waals surface area contributed by atoms with E-state index in [4.69, 9.17) is 0 Å². The zero-order chi connectivity index (χ0) is 14.8. The molecule has 0 aliphatic carbocycles. The number of nitrogens with zero attached hydrogens (tertiary/aromatic N) is 2. The molecular weight excluding hydrogens is 276 g/mol. The second-order valence-electron chi connectivity index (χ2n) is 5.95. The summed E-state index contributed by atoms with van der Waals surface area (Å²) in [7, 11) is -3.10. The molecule has 0 aromatic heterocycles. The van der Waals surface area contributed by atoms with Crippen LogP contribution in [0.1, 0.15) is 46.0 Å². The Bertz CT molecular complexity index is 441. The van der Waals surface area contributed by atoms with Gasteiger partial charge in [0.05, 0.1) is 5.75 Å². The standard InChI is InChI=1S/C14H26N2O3S/c1-3-20(18,19)15-10-7-13(8-11-15)14(17)16-9-5-4-6-12(16)2/h12-13H,3-11H2,1-2H3. The van der Waals surface area contributed by atoms with Gasteiger partial charge in [-0.05, 0) is 46.0 Å². The molecule has 0 N–H and O–H groups in total. The van der Waals surface area contributed by atoms with E-state index in [-0.39, 0.29) is 17.6 Å². The number of carbonyl (C=O) groups is 1. The lowest BCUT2D eigenvalue weighted by molar-refractivity contribution is -0.140. The fourth-order valence-corrected chi connectivity index (χ4v) is 4.36. The highest BCUT2D eigenvalue weighted by molar-refractivity contribution is 7.89. The maximum absolute atomic E-state index is 12.5. The molecule has 0 spiro atoms. The lowest BCUT2D eigenvalue weighted by atomic mass is 9.94. The van der Waals surface area contributed by atoms with Gasteiger partial charge in [0.2, 0.25) is 15.9 Å². The van der Waals surface area contributed by atoms with E-state index >= 15 is 0 Å². The number of hydrogen-bond acceptors (Lipinski definition) is 3. The molecule has 1 atom stereocenters. The Labute approximate surface area is 122 Å². The third-order valence-electron chi connectivity index (χ3n) is 4.65. The van der Waals surface area contributed by atoms with Crippen molar-refractivity contribution in [2.45, 2.75) is 52.0 Å². The van der Waals surface area contributed by atoms with Crippen LogP contribution in [0.5, 0.6) is 0 Å². The average Bonchev–Trinajstić information content (AvgIpc) is 2.47. The number of hydrogen-bond donors (Lipinski definition) is 0. The molecule has 1 unspecified atom stereocenters. The van der Waals surface area contributed by atoms with Crippen LogP contribution in [0.3, 0.4) is 0 Å². The van der Waals surface area contributed by atoms with Gasteiger partial charge in [-0.25, -0.2) is 12.7 Å². The monoisotopic (exact) mass is 302 g/mol. The summed E-state index contributed by atoms with van der Waals surface area (Å²) in [6, 6.07) is 0.341. The second kappa shape index (κ2) is 6.43. The molecule has 2 aliphatic heterocycles. The summed E-state index contributed by atoms with van der Waals surface area (Å²) in [4.78, 5) is 14.6. The summed E-state index contributed by atoms with van der Waals surface area (Å²) < 4.78 is 25.2. The smallest absolute Gasteiger partial charge is 0.226 e. The van der Waals surface area contributed by atoms with E-state index in [1.807, 2.05) is 4.90 Å². The Morgan fingerprint density at radius 2 is 1.75 bits per heavy atom. The van der Waals surface area contributed by atoms with Crippen molar-refractivity contribution < 1.29 is 13.2 Å². The van der Waals surface area contributed by atoms with Gasteiger partial charge in [0.1, 0.15) is 0 Å². The summed E-state index contributed by atoms with van der Waals surface area (Å²) >= 11 is 0. The van der Waals surface area contributed by atoms with Crippen LogP contribution in [0.15, 0.2) is 0 Å². The minimum absolute atomic E-state index is 0.0128. The van der Waals surface area contributed by atoms with Crippen LogP contribution in [0, 0.1) is 5.92 Å². The fraction of sp³-hybridized carbons (Fsp3) is 0.929. The summed E-state index contributed by atoms with van der Waals surface area (Å²) in [5.41, 5.74) is 0. The highest BCUT2D eigenvalue weighted by atomic mass is 32.2. The van der Waals surface area contributed by atoms with Gasteiger partial charge in [0.15, 0.2) is 0 Å². The van der Waals surface area contributed by atoms with Crippen LogP contribution in [-0.4, -0.2) is 55.0 Å². The van der Waals surface area contributed by atoms with E-state index in [1.165, 1.54) is 10.7 Å². The zero-order valence-corrected chi connectivity index (χ0v) is 13.4. The molecule has 0 bridgehead atoms. The Kier molecular flexibility index (Phi) is 5.07. The lowest BCUT2D eigenvalue weighted by Crippen LogP contribution is -2.48. The molecule has 2 heterocycles. The molecule has 5 nitrogen and oxygen atoms in total. The van der Waals surface area contributed by atoms with E-state index < -0.39 is 10.0 Å². The highest BCUT2D eigenvalue weighted by Gasteiger charge is 2.34. The first kappa shape index (κ1) is 15.8. The molecule has 20 heavy (non-hydrogen) atoms. The summed E-state index contributed by atoms with van der Waals surface area (Å²) in [6.07, 6.45) is 4.73. The Balaban J connectivity index is 1.92. The fourth-order valence-electron chi connectivity index (χ4n) is 3.22. The van der Waals surface area contributed by atoms with Crippen molar-refractivity contribution in [2.24, 2.45) is 5.92 Å². The van der Waals surface area contributed by atoms with E-state index in [1.54, 1.807) is 6.92 Å². The topological polar surface area (TPSA) is 57.7 Å². The molecule has 0 aromatic carbocycles. The van der Waals surface area contributed by atoms with Gasteiger partial charge in [-0.15, -0.1) is 0 Å². The van der Waals surface area contributed by atoms with Crippen LogP contribution in [0.25, 0.3) is 0 Å². The van der Waals surface area contributed by atoms with Crippen molar-refractivity contribution in [1.29, 1.82) is 0 Å². The maximum Gasteiger partial charge on any atom is 0.226 e. The van der Waals surface area contributed by atoms with Crippen molar-refractivity contribution in [3.8, 4) is 0 Å². The van der Waals surface area contributed by atoms with Crippen molar-refractivity contribution >= 4 is 15.9 Å². The first-order chi connectivity index (χ1) is 9.45. The van der Waals surface area contributed by atoms with E-state index in [2.05, 4.69) is 6.92 Å². The number of sulfonamides is 1. The van der Waals surface area contributed by atoms with Crippen molar-refractivity contribution in [3.63, 3.8) is 0 Å². The Hall–Kier alpha value is -0.620. The number of amides is 1. The largest absolute Gasteiger partial charge is 0.340 e. The first-order valence-electron chi connectivity index (χ1n) is 7.74. The Morgan fingerprint density at radius 1 is 1.10 bits per heavy atom. The molecule has 2 fully saturated rings. The van der Waals surface area contributed by atoms with Gasteiger partial charge in [0.25, 0.3) is 0 Å². The van der Waals surface area contributed by atoms with Crippen LogP contribution >= 0.6 is 0 Å². The Morgan fingerprint density at radius 3 is 2.30 bits per heavy atom.